The SMILES string of the molecule is CCC(C)C(=O)OC12CC3CC1C(C(=O)OC(C)C(F)(F)F)(C3)C(=O)O2. The van der Waals surface area contributed by atoms with Crippen LogP contribution in [0.15, 0.2) is 0 Å². The molecule has 3 fully saturated rings. The van der Waals surface area contributed by atoms with E-state index in [1.807, 2.05) is 0 Å². The Morgan fingerprint density at radius 2 is 1.96 bits per heavy atom. The third-order valence-electron chi connectivity index (χ3n) is 5.91. The molecule has 1 saturated heterocycles. The van der Waals surface area contributed by atoms with E-state index >= 15 is 0 Å². The number of esters is 3. The highest BCUT2D eigenvalue weighted by Crippen LogP contribution is 2.67. The molecule has 0 amide bonds. The molecule has 0 radical (unpaired) electrons. The molecule has 3 aliphatic rings. The van der Waals surface area contributed by atoms with Crippen molar-refractivity contribution in [2.75, 3.05) is 0 Å². The van der Waals surface area contributed by atoms with E-state index in [4.69, 9.17) is 9.47 Å². The largest absolute Gasteiger partial charge is 0.452 e. The molecule has 146 valence electrons. The van der Waals surface area contributed by atoms with Crippen LogP contribution in [0.25, 0.3) is 0 Å². The Hall–Kier alpha value is -1.80. The number of carbonyl (C=O) groups is 3. The number of rotatable bonds is 5. The van der Waals surface area contributed by atoms with Gasteiger partial charge in [-0.05, 0) is 32.1 Å². The molecule has 1 aliphatic heterocycles. The minimum Gasteiger partial charge on any atom is -0.452 e. The van der Waals surface area contributed by atoms with Crippen LogP contribution in [-0.4, -0.2) is 36.0 Å². The number of fused-ring (bicyclic) bond motifs is 1. The summed E-state index contributed by atoms with van der Waals surface area (Å²) >= 11 is 0. The summed E-state index contributed by atoms with van der Waals surface area (Å²) in [6, 6.07) is 0. The Kier molecular flexibility index (Phi) is 4.27. The summed E-state index contributed by atoms with van der Waals surface area (Å²) in [6.45, 7) is 4.17. The summed E-state index contributed by atoms with van der Waals surface area (Å²) in [5.41, 5.74) is -1.82. The maximum atomic E-state index is 12.7. The first kappa shape index (κ1) is 19.0. The van der Waals surface area contributed by atoms with Crippen LogP contribution in [0.5, 0.6) is 0 Å². The van der Waals surface area contributed by atoms with Gasteiger partial charge in [-0.3, -0.25) is 14.4 Å². The first-order valence-corrected chi connectivity index (χ1v) is 8.70. The summed E-state index contributed by atoms with van der Waals surface area (Å²) in [6.07, 6.45) is -5.86. The fraction of sp³-hybridized carbons (Fsp3) is 0.824. The van der Waals surface area contributed by atoms with Crippen LogP contribution in [0.1, 0.15) is 46.5 Å². The predicted octanol–water partition coefficient (Wildman–Crippen LogP) is 2.74. The first-order chi connectivity index (χ1) is 12.0. The maximum absolute atomic E-state index is 12.7. The second kappa shape index (κ2) is 5.85. The van der Waals surface area contributed by atoms with Crippen LogP contribution in [0.3, 0.4) is 0 Å². The van der Waals surface area contributed by atoms with Crippen LogP contribution in [0.2, 0.25) is 0 Å². The van der Waals surface area contributed by atoms with Gasteiger partial charge in [-0.15, -0.1) is 0 Å². The molecule has 0 aromatic heterocycles. The van der Waals surface area contributed by atoms with Crippen molar-refractivity contribution in [2.24, 2.45) is 23.2 Å². The Balaban J connectivity index is 1.85. The van der Waals surface area contributed by atoms with E-state index in [2.05, 4.69) is 4.74 Å². The van der Waals surface area contributed by atoms with Gasteiger partial charge >= 0.3 is 24.1 Å². The third kappa shape index (κ3) is 2.58. The molecule has 26 heavy (non-hydrogen) atoms. The van der Waals surface area contributed by atoms with Gasteiger partial charge in [0.05, 0.1) is 11.8 Å². The van der Waals surface area contributed by atoms with Gasteiger partial charge in [0.15, 0.2) is 11.5 Å². The summed E-state index contributed by atoms with van der Waals surface area (Å²) in [5, 5.41) is 0. The van der Waals surface area contributed by atoms with E-state index in [0.29, 0.717) is 19.8 Å². The number of hydrogen-bond acceptors (Lipinski definition) is 6. The van der Waals surface area contributed by atoms with Gasteiger partial charge in [0, 0.05) is 6.42 Å². The van der Waals surface area contributed by atoms with Crippen molar-refractivity contribution in [2.45, 2.75) is 64.5 Å². The van der Waals surface area contributed by atoms with Crippen molar-refractivity contribution < 1.29 is 41.8 Å². The smallest absolute Gasteiger partial charge is 0.425 e. The van der Waals surface area contributed by atoms with Crippen LogP contribution in [0.4, 0.5) is 13.2 Å². The van der Waals surface area contributed by atoms with E-state index in [0.717, 1.165) is 0 Å². The lowest BCUT2D eigenvalue weighted by Gasteiger charge is -2.34. The predicted molar refractivity (Wildman–Crippen MR) is 79.2 cm³/mol. The Bertz CT molecular complexity index is 647. The Morgan fingerprint density at radius 1 is 1.31 bits per heavy atom. The molecule has 2 aliphatic carbocycles. The Morgan fingerprint density at radius 3 is 2.50 bits per heavy atom. The van der Waals surface area contributed by atoms with Crippen LogP contribution < -0.4 is 0 Å². The quantitative estimate of drug-likeness (QED) is 0.541. The molecular formula is C17H21F3O6. The Labute approximate surface area is 148 Å². The molecule has 2 bridgehead atoms. The fourth-order valence-electron chi connectivity index (χ4n) is 4.27. The molecule has 0 N–H and O–H groups in total. The van der Waals surface area contributed by atoms with Crippen LogP contribution in [-0.2, 0) is 28.6 Å². The summed E-state index contributed by atoms with van der Waals surface area (Å²) in [7, 11) is 0. The number of ether oxygens (including phenoxy) is 3. The molecule has 0 spiro atoms. The lowest BCUT2D eigenvalue weighted by Crippen LogP contribution is -2.48. The van der Waals surface area contributed by atoms with E-state index in [9.17, 15) is 27.6 Å². The monoisotopic (exact) mass is 378 g/mol. The number of hydrogen-bond donors (Lipinski definition) is 0. The lowest BCUT2D eigenvalue weighted by atomic mass is 9.72. The number of halogens is 3. The van der Waals surface area contributed by atoms with Gasteiger partial charge < -0.3 is 14.2 Å². The standard InChI is InChI=1S/C17H21F3O6/c1-4-8(2)12(21)25-16-7-10-5-11(16)15(6-10,14(23)26-16)13(22)24-9(3)17(18,19)20/h8-11H,4-7H2,1-3H3. The highest BCUT2D eigenvalue weighted by atomic mass is 19.4. The third-order valence-corrected chi connectivity index (χ3v) is 5.91. The van der Waals surface area contributed by atoms with Gasteiger partial charge in [-0.2, -0.15) is 13.2 Å². The van der Waals surface area contributed by atoms with Crippen molar-refractivity contribution in [1.29, 1.82) is 0 Å². The molecule has 6 nitrogen and oxygen atoms in total. The molecule has 6 atom stereocenters. The lowest BCUT2D eigenvalue weighted by molar-refractivity contribution is -0.230. The van der Waals surface area contributed by atoms with Crippen molar-refractivity contribution in [3.05, 3.63) is 0 Å². The maximum Gasteiger partial charge on any atom is 0.425 e. The molecular weight excluding hydrogens is 357 g/mol. The highest BCUT2D eigenvalue weighted by Gasteiger charge is 2.79. The van der Waals surface area contributed by atoms with E-state index in [1.165, 1.54) is 0 Å². The van der Waals surface area contributed by atoms with Crippen LogP contribution >= 0.6 is 0 Å². The average molecular weight is 378 g/mol. The normalized spacial score (nSPS) is 37.2. The molecule has 2 saturated carbocycles. The van der Waals surface area contributed by atoms with Gasteiger partial charge in [0.25, 0.3) is 5.79 Å². The average Bonchev–Trinajstić information content (AvgIpc) is 3.11. The van der Waals surface area contributed by atoms with Crippen molar-refractivity contribution >= 4 is 17.9 Å². The van der Waals surface area contributed by atoms with Gasteiger partial charge in [-0.25, -0.2) is 0 Å². The molecule has 0 aromatic carbocycles. The van der Waals surface area contributed by atoms with Crippen molar-refractivity contribution in [3.63, 3.8) is 0 Å². The van der Waals surface area contributed by atoms with Gasteiger partial charge in [0.2, 0.25) is 0 Å². The summed E-state index contributed by atoms with van der Waals surface area (Å²) in [5.74, 6) is -5.71. The zero-order valence-electron chi connectivity index (χ0n) is 14.7. The second-order valence-corrected chi connectivity index (χ2v) is 7.55. The van der Waals surface area contributed by atoms with E-state index in [-0.39, 0.29) is 18.8 Å². The zero-order valence-corrected chi connectivity index (χ0v) is 14.7. The van der Waals surface area contributed by atoms with E-state index < -0.39 is 53.2 Å². The fourth-order valence-corrected chi connectivity index (χ4v) is 4.27. The van der Waals surface area contributed by atoms with E-state index in [1.54, 1.807) is 13.8 Å². The summed E-state index contributed by atoms with van der Waals surface area (Å²) < 4.78 is 53.6. The van der Waals surface area contributed by atoms with Crippen molar-refractivity contribution in [3.8, 4) is 0 Å². The zero-order chi connectivity index (χ0) is 19.5. The summed E-state index contributed by atoms with van der Waals surface area (Å²) in [4.78, 5) is 37.3. The molecule has 6 unspecified atom stereocenters. The second-order valence-electron chi connectivity index (χ2n) is 7.55. The van der Waals surface area contributed by atoms with Crippen molar-refractivity contribution in [1.82, 2.24) is 0 Å². The molecule has 3 rings (SSSR count). The molecule has 0 aromatic rings. The molecule has 9 heteroatoms. The first-order valence-electron chi connectivity index (χ1n) is 8.70. The number of alkyl halides is 3. The van der Waals surface area contributed by atoms with Gasteiger partial charge in [-0.1, -0.05) is 13.8 Å². The van der Waals surface area contributed by atoms with Crippen LogP contribution in [0, 0.1) is 23.2 Å². The topological polar surface area (TPSA) is 78.9 Å². The molecule has 1 heterocycles. The minimum atomic E-state index is -4.73. The minimum absolute atomic E-state index is 0.0581. The number of carbonyl (C=O) groups excluding carboxylic acids is 3. The highest BCUT2D eigenvalue weighted by molar-refractivity contribution is 6.03. The van der Waals surface area contributed by atoms with Gasteiger partial charge in [0.1, 0.15) is 0 Å².